The quantitative estimate of drug-likeness (QED) is 0.137. The maximum atomic E-state index is 14.7. The van der Waals surface area contributed by atoms with Crippen LogP contribution in [0.1, 0.15) is 36.8 Å². The van der Waals surface area contributed by atoms with E-state index >= 15 is 0 Å². The van der Waals surface area contributed by atoms with Gasteiger partial charge in [-0.1, -0.05) is 11.6 Å². The smallest absolute Gasteiger partial charge is 0.425 e. The summed E-state index contributed by atoms with van der Waals surface area (Å²) in [5, 5.41) is 24.9. The van der Waals surface area contributed by atoms with Crippen molar-refractivity contribution in [2.45, 2.75) is 40.0 Å². The molecule has 1 aromatic heterocycles. The Labute approximate surface area is 201 Å². The lowest BCUT2D eigenvalue weighted by atomic mass is 10.1. The van der Waals surface area contributed by atoms with E-state index in [4.69, 9.17) is 21.1 Å². The molecule has 0 aliphatic carbocycles. The highest BCUT2D eigenvalue weighted by Gasteiger charge is 2.39. The molecule has 1 atom stereocenters. The molecule has 15 heteroatoms. The lowest BCUT2D eigenvalue weighted by molar-refractivity contribution is -0.189. The third-order valence-corrected chi connectivity index (χ3v) is 4.54. The number of aryl methyl sites for hydroxylation is 1. The Kier molecular flexibility index (Phi) is 8.79. The van der Waals surface area contributed by atoms with Crippen LogP contribution in [0.3, 0.4) is 0 Å². The van der Waals surface area contributed by atoms with E-state index in [0.717, 1.165) is 6.92 Å². The van der Waals surface area contributed by atoms with Crippen molar-refractivity contribution in [1.82, 2.24) is 10.2 Å². The number of ether oxygens (including phenoxy) is 2. The van der Waals surface area contributed by atoms with Crippen LogP contribution < -0.4 is 10.1 Å². The molecule has 10 nitrogen and oxygen atoms in total. The zero-order valence-electron chi connectivity index (χ0n) is 18.8. The number of aliphatic hydroxyl groups is 1. The highest BCUT2D eigenvalue weighted by molar-refractivity contribution is 6.33. The molecule has 1 aromatic carbocycles. The predicted molar refractivity (Wildman–Crippen MR) is 115 cm³/mol. The summed E-state index contributed by atoms with van der Waals surface area (Å²) in [4.78, 5) is 24.6. The van der Waals surface area contributed by atoms with Gasteiger partial charge in [0.25, 0.3) is 5.91 Å². The van der Waals surface area contributed by atoms with Crippen LogP contribution in [-0.2, 0) is 9.53 Å². The Morgan fingerprint density at radius 1 is 1.34 bits per heavy atom. The van der Waals surface area contributed by atoms with Crippen molar-refractivity contribution in [3.05, 3.63) is 45.8 Å². The van der Waals surface area contributed by atoms with E-state index in [1.54, 1.807) is 0 Å². The van der Waals surface area contributed by atoms with Crippen molar-refractivity contribution in [1.29, 1.82) is 0 Å². The van der Waals surface area contributed by atoms with Crippen LogP contribution in [0.2, 0.25) is 5.15 Å². The standard InChI is InChI=1S/C20H20ClF4N5O5/c1-5-34-19(33)16(9(3)31)29-28-13-7-14(35-10(4)20(23,24)25)11(6-12(13)22)18(32)26-15-8(2)27-30-17(15)21/h6-7,10,31H,5H2,1-4H3,(H,26,32)(H,27,30)/t10-/m0/s1. The molecule has 0 bridgehead atoms. The Morgan fingerprint density at radius 3 is 2.51 bits per heavy atom. The highest BCUT2D eigenvalue weighted by atomic mass is 35.5. The van der Waals surface area contributed by atoms with Gasteiger partial charge in [0.05, 0.1) is 17.9 Å². The lowest BCUT2D eigenvalue weighted by Crippen LogP contribution is -2.32. The number of hydrogen-bond donors (Lipinski definition) is 3. The van der Waals surface area contributed by atoms with E-state index in [2.05, 4.69) is 25.7 Å². The number of H-pyrrole nitrogens is 1. The molecular weight excluding hydrogens is 502 g/mol. The summed E-state index contributed by atoms with van der Waals surface area (Å²) in [6, 6.07) is 1.26. The van der Waals surface area contributed by atoms with Crippen molar-refractivity contribution in [2.75, 3.05) is 11.9 Å². The van der Waals surface area contributed by atoms with Crippen LogP contribution in [0.15, 0.2) is 33.8 Å². The Morgan fingerprint density at radius 2 is 2.00 bits per heavy atom. The number of aromatic nitrogens is 2. The molecule has 1 heterocycles. The average molecular weight is 522 g/mol. The number of allylic oxidation sites excluding steroid dienone is 1. The molecule has 0 radical (unpaired) electrons. The number of amides is 1. The second-order valence-electron chi connectivity index (χ2n) is 6.92. The second-order valence-corrected chi connectivity index (χ2v) is 7.28. The Hall–Kier alpha value is -3.68. The highest BCUT2D eigenvalue weighted by Crippen LogP contribution is 2.34. The van der Waals surface area contributed by atoms with Gasteiger partial charge < -0.3 is 19.9 Å². The number of azo groups is 1. The van der Waals surface area contributed by atoms with Gasteiger partial charge in [0, 0.05) is 6.07 Å². The zero-order valence-corrected chi connectivity index (χ0v) is 19.5. The number of nitrogens with one attached hydrogen (secondary N) is 2. The SMILES string of the molecule is CCOC(=O)C(N=Nc1cc(O[C@@H](C)C(F)(F)F)c(C(=O)Nc2c(Cl)n[nH]c2C)cc1F)=C(C)O. The Balaban J connectivity index is 2.53. The first-order valence-electron chi connectivity index (χ1n) is 9.83. The summed E-state index contributed by atoms with van der Waals surface area (Å²) in [6.45, 7) is 4.72. The minimum absolute atomic E-state index is 0.0262. The van der Waals surface area contributed by atoms with E-state index in [0.29, 0.717) is 24.8 Å². The van der Waals surface area contributed by atoms with E-state index in [-0.39, 0.29) is 17.4 Å². The van der Waals surface area contributed by atoms with Crippen LogP contribution in [0.5, 0.6) is 5.75 Å². The molecule has 0 saturated carbocycles. The normalized spacial score (nSPS) is 13.4. The van der Waals surface area contributed by atoms with Crippen molar-refractivity contribution in [2.24, 2.45) is 10.2 Å². The van der Waals surface area contributed by atoms with Crippen molar-refractivity contribution < 1.29 is 41.7 Å². The minimum atomic E-state index is -4.82. The topological polar surface area (TPSA) is 138 Å². The molecule has 35 heavy (non-hydrogen) atoms. The number of carbonyl (C=O) groups is 2. The van der Waals surface area contributed by atoms with Gasteiger partial charge in [-0.15, -0.1) is 10.2 Å². The fourth-order valence-electron chi connectivity index (χ4n) is 2.44. The van der Waals surface area contributed by atoms with Crippen LogP contribution in [0, 0.1) is 12.7 Å². The molecule has 0 spiro atoms. The molecule has 0 saturated heterocycles. The van der Waals surface area contributed by atoms with Crippen LogP contribution >= 0.6 is 11.6 Å². The molecule has 1 amide bonds. The summed E-state index contributed by atoms with van der Waals surface area (Å²) in [5.41, 5.74) is -1.61. The number of nitrogens with zero attached hydrogens (tertiary/aromatic N) is 3. The number of halogens is 5. The predicted octanol–water partition coefficient (Wildman–Crippen LogP) is 5.53. The van der Waals surface area contributed by atoms with Crippen molar-refractivity contribution in [3.63, 3.8) is 0 Å². The molecule has 0 aliphatic heterocycles. The molecule has 190 valence electrons. The monoisotopic (exact) mass is 521 g/mol. The number of aliphatic hydroxyl groups excluding tert-OH is 1. The summed E-state index contributed by atoms with van der Waals surface area (Å²) >= 11 is 5.86. The molecule has 3 N–H and O–H groups in total. The summed E-state index contributed by atoms with van der Waals surface area (Å²) < 4.78 is 63.6. The zero-order chi connectivity index (χ0) is 26.5. The molecular formula is C20H20ClF4N5O5. The van der Waals surface area contributed by atoms with Gasteiger partial charge in [0.1, 0.15) is 22.9 Å². The average Bonchev–Trinajstić information content (AvgIpc) is 3.06. The van der Waals surface area contributed by atoms with E-state index in [1.807, 2.05) is 0 Å². The molecule has 0 unspecified atom stereocenters. The molecule has 0 aliphatic rings. The second kappa shape index (κ2) is 11.2. The molecule has 2 aromatic rings. The summed E-state index contributed by atoms with van der Waals surface area (Å²) in [5.74, 6) is -4.61. The summed E-state index contributed by atoms with van der Waals surface area (Å²) in [6.07, 6.45) is -7.21. The number of anilines is 1. The van der Waals surface area contributed by atoms with Crippen molar-refractivity contribution >= 4 is 34.9 Å². The maximum Gasteiger partial charge on any atom is 0.425 e. The number of carbonyl (C=O) groups excluding carboxylic acids is 2. The first kappa shape index (κ1) is 27.6. The first-order chi connectivity index (χ1) is 16.3. The third kappa shape index (κ3) is 6.91. The van der Waals surface area contributed by atoms with Crippen LogP contribution in [0.4, 0.5) is 28.9 Å². The lowest BCUT2D eigenvalue weighted by Gasteiger charge is -2.20. The van der Waals surface area contributed by atoms with Gasteiger partial charge in [0.15, 0.2) is 17.1 Å². The molecule has 2 rings (SSSR count). The third-order valence-electron chi connectivity index (χ3n) is 4.27. The van der Waals surface area contributed by atoms with Crippen LogP contribution in [-0.4, -0.2) is 46.1 Å². The fraction of sp³-hybridized carbons (Fsp3) is 0.350. The van der Waals surface area contributed by atoms with Gasteiger partial charge in [-0.3, -0.25) is 9.89 Å². The van der Waals surface area contributed by atoms with Gasteiger partial charge >= 0.3 is 12.1 Å². The van der Waals surface area contributed by atoms with E-state index in [1.165, 1.54) is 13.8 Å². The van der Waals surface area contributed by atoms with Gasteiger partial charge in [-0.05, 0) is 33.8 Å². The largest absolute Gasteiger partial charge is 0.510 e. The first-order valence-corrected chi connectivity index (χ1v) is 10.2. The van der Waals surface area contributed by atoms with E-state index in [9.17, 15) is 32.3 Å². The minimum Gasteiger partial charge on any atom is -0.510 e. The van der Waals surface area contributed by atoms with Crippen LogP contribution in [0.25, 0.3) is 0 Å². The number of benzene rings is 1. The molecule has 0 fully saturated rings. The number of aromatic amines is 1. The van der Waals surface area contributed by atoms with Gasteiger partial charge in [0.2, 0.25) is 5.70 Å². The number of rotatable bonds is 8. The van der Waals surface area contributed by atoms with Crippen molar-refractivity contribution in [3.8, 4) is 5.75 Å². The number of alkyl halides is 3. The number of hydrogen-bond acceptors (Lipinski definition) is 8. The summed E-state index contributed by atoms with van der Waals surface area (Å²) in [7, 11) is 0. The van der Waals surface area contributed by atoms with Gasteiger partial charge in [-0.25, -0.2) is 9.18 Å². The Bertz CT molecular complexity index is 1160. The number of esters is 1. The maximum absolute atomic E-state index is 14.7. The van der Waals surface area contributed by atoms with E-state index < -0.39 is 58.4 Å². The van der Waals surface area contributed by atoms with Gasteiger partial charge in [-0.2, -0.15) is 18.3 Å². The fourth-order valence-corrected chi connectivity index (χ4v) is 2.67.